The highest BCUT2D eigenvalue weighted by molar-refractivity contribution is 5.97. The molecule has 4 rings (SSSR count). The predicted octanol–water partition coefficient (Wildman–Crippen LogP) is 5.52. The Morgan fingerprint density at radius 1 is 1.07 bits per heavy atom. The van der Waals surface area contributed by atoms with Gasteiger partial charge in [-0.25, -0.2) is 9.18 Å². The van der Waals surface area contributed by atoms with Gasteiger partial charge in [0.1, 0.15) is 17.2 Å². The first-order valence-corrected chi connectivity index (χ1v) is 9.33. The average molecular weight is 376 g/mol. The summed E-state index contributed by atoms with van der Waals surface area (Å²) in [7, 11) is 0. The number of halogens is 1. The van der Waals surface area contributed by atoms with Gasteiger partial charge in [-0.05, 0) is 54.7 Å². The number of carboxylic acid groups (broad SMARTS) is 1. The van der Waals surface area contributed by atoms with Crippen molar-refractivity contribution in [2.45, 2.75) is 31.8 Å². The summed E-state index contributed by atoms with van der Waals surface area (Å²) in [6.45, 7) is 2.03. The molecule has 3 nitrogen and oxygen atoms in total. The molecule has 0 aromatic heterocycles. The molecule has 0 radical (unpaired) electrons. The van der Waals surface area contributed by atoms with Crippen LogP contribution >= 0.6 is 0 Å². The van der Waals surface area contributed by atoms with E-state index < -0.39 is 11.6 Å². The highest BCUT2D eigenvalue weighted by atomic mass is 19.1. The molecule has 3 aromatic rings. The van der Waals surface area contributed by atoms with E-state index in [1.807, 2.05) is 37.3 Å². The summed E-state index contributed by atoms with van der Waals surface area (Å²) in [5, 5.41) is 9.58. The van der Waals surface area contributed by atoms with Crippen molar-refractivity contribution in [3.63, 3.8) is 0 Å². The monoisotopic (exact) mass is 376 g/mol. The van der Waals surface area contributed by atoms with E-state index in [0.717, 1.165) is 35.3 Å². The van der Waals surface area contributed by atoms with Crippen LogP contribution in [0.4, 0.5) is 4.39 Å². The summed E-state index contributed by atoms with van der Waals surface area (Å²) in [5.74, 6) is -0.499. The number of carbonyl (C=O) groups is 1. The van der Waals surface area contributed by atoms with Crippen molar-refractivity contribution in [3.05, 3.63) is 89.2 Å². The third-order valence-corrected chi connectivity index (χ3v) is 5.28. The first-order chi connectivity index (χ1) is 13.5. The highest BCUT2D eigenvalue weighted by Crippen LogP contribution is 2.42. The maximum atomic E-state index is 13.6. The van der Waals surface area contributed by atoms with E-state index in [4.69, 9.17) is 4.74 Å². The highest BCUT2D eigenvalue weighted by Gasteiger charge is 2.33. The maximum absolute atomic E-state index is 13.6. The zero-order valence-corrected chi connectivity index (χ0v) is 15.6. The van der Waals surface area contributed by atoms with Crippen molar-refractivity contribution in [1.29, 1.82) is 0 Å². The fourth-order valence-corrected chi connectivity index (χ4v) is 3.92. The molecular weight excluding hydrogens is 355 g/mol. The summed E-state index contributed by atoms with van der Waals surface area (Å²) in [4.78, 5) is 11.7. The van der Waals surface area contributed by atoms with Crippen LogP contribution in [0.1, 0.15) is 34.8 Å². The number of carboxylic acids is 1. The van der Waals surface area contributed by atoms with Crippen molar-refractivity contribution >= 4 is 5.97 Å². The minimum atomic E-state index is -0.966. The smallest absolute Gasteiger partial charge is 0.336 e. The summed E-state index contributed by atoms with van der Waals surface area (Å²) in [6.07, 6.45) is 2.21. The van der Waals surface area contributed by atoms with E-state index in [1.165, 1.54) is 12.1 Å². The molecule has 0 fully saturated rings. The SMILES string of the molecule is CC1(Cc2cccc(F)c2)CCc2cccc(-c3ccccc3C(=O)O)c2O1. The lowest BCUT2D eigenvalue weighted by atomic mass is 9.85. The van der Waals surface area contributed by atoms with Crippen LogP contribution in [-0.2, 0) is 12.8 Å². The predicted molar refractivity (Wildman–Crippen MR) is 106 cm³/mol. The van der Waals surface area contributed by atoms with Gasteiger partial charge in [-0.2, -0.15) is 0 Å². The van der Waals surface area contributed by atoms with Crippen molar-refractivity contribution in [3.8, 4) is 16.9 Å². The zero-order chi connectivity index (χ0) is 19.7. The fourth-order valence-electron chi connectivity index (χ4n) is 3.92. The molecule has 1 aliphatic rings. The fraction of sp³-hybridized carbons (Fsp3) is 0.208. The van der Waals surface area contributed by atoms with Gasteiger partial charge in [-0.3, -0.25) is 0 Å². The first kappa shape index (κ1) is 18.2. The topological polar surface area (TPSA) is 46.5 Å². The third-order valence-electron chi connectivity index (χ3n) is 5.28. The minimum absolute atomic E-state index is 0.247. The molecular formula is C24H21FO3. The number of para-hydroxylation sites is 1. The number of benzene rings is 3. The van der Waals surface area contributed by atoms with Gasteiger partial charge in [0.2, 0.25) is 0 Å². The van der Waals surface area contributed by atoms with E-state index in [1.54, 1.807) is 24.3 Å². The molecule has 1 unspecified atom stereocenters. The summed E-state index contributed by atoms with van der Waals surface area (Å²) in [5.41, 5.74) is 3.12. The van der Waals surface area contributed by atoms with E-state index in [-0.39, 0.29) is 11.4 Å². The second-order valence-corrected chi connectivity index (χ2v) is 7.50. The number of ether oxygens (including phenoxy) is 1. The lowest BCUT2D eigenvalue weighted by Crippen LogP contribution is -2.38. The zero-order valence-electron chi connectivity index (χ0n) is 15.6. The van der Waals surface area contributed by atoms with Crippen molar-refractivity contribution in [2.24, 2.45) is 0 Å². The van der Waals surface area contributed by atoms with Gasteiger partial charge >= 0.3 is 5.97 Å². The molecule has 0 aliphatic carbocycles. The normalized spacial score (nSPS) is 18.2. The Morgan fingerprint density at radius 3 is 2.61 bits per heavy atom. The van der Waals surface area contributed by atoms with Crippen molar-refractivity contribution < 1.29 is 19.0 Å². The third kappa shape index (κ3) is 3.50. The van der Waals surface area contributed by atoms with Gasteiger partial charge in [0.05, 0.1) is 5.56 Å². The van der Waals surface area contributed by atoms with Gasteiger partial charge in [0.25, 0.3) is 0 Å². The van der Waals surface area contributed by atoms with E-state index in [2.05, 4.69) is 0 Å². The summed E-state index contributed by atoms with van der Waals surface area (Å²) in [6, 6.07) is 19.4. The molecule has 0 saturated heterocycles. The van der Waals surface area contributed by atoms with E-state index in [0.29, 0.717) is 12.0 Å². The molecule has 3 aromatic carbocycles. The Balaban J connectivity index is 1.74. The van der Waals surface area contributed by atoms with Gasteiger partial charge in [0.15, 0.2) is 0 Å². The quantitative estimate of drug-likeness (QED) is 0.652. The Kier molecular flexibility index (Phi) is 4.63. The number of rotatable bonds is 4. The largest absolute Gasteiger partial charge is 0.486 e. The Morgan fingerprint density at radius 2 is 1.82 bits per heavy atom. The molecule has 1 atom stereocenters. The number of hydrogen-bond donors (Lipinski definition) is 1. The molecule has 142 valence electrons. The molecule has 0 saturated carbocycles. The minimum Gasteiger partial charge on any atom is -0.486 e. The average Bonchev–Trinajstić information content (AvgIpc) is 2.67. The number of aryl methyl sites for hydroxylation is 1. The van der Waals surface area contributed by atoms with Gasteiger partial charge in [0, 0.05) is 12.0 Å². The molecule has 0 bridgehead atoms. The molecule has 4 heteroatoms. The molecule has 0 amide bonds. The standard InChI is InChI=1S/C24H21FO3/c1-24(15-16-6-4-8-18(25)14-16)13-12-17-7-5-11-20(22(17)28-24)19-9-2-3-10-21(19)23(26)27/h2-11,14H,12-13,15H2,1H3,(H,26,27). The van der Waals surface area contributed by atoms with Gasteiger partial charge < -0.3 is 9.84 Å². The van der Waals surface area contributed by atoms with Gasteiger partial charge in [-0.1, -0.05) is 48.5 Å². The molecule has 1 N–H and O–H groups in total. The number of fused-ring (bicyclic) bond motifs is 1. The van der Waals surface area contributed by atoms with Crippen LogP contribution in [-0.4, -0.2) is 16.7 Å². The molecule has 28 heavy (non-hydrogen) atoms. The van der Waals surface area contributed by atoms with Crippen LogP contribution in [0.2, 0.25) is 0 Å². The molecule has 1 heterocycles. The number of hydrogen-bond acceptors (Lipinski definition) is 2. The van der Waals surface area contributed by atoms with Crippen molar-refractivity contribution in [1.82, 2.24) is 0 Å². The summed E-state index contributed by atoms with van der Waals surface area (Å²) >= 11 is 0. The Labute approximate surface area is 163 Å². The molecule has 1 aliphatic heterocycles. The van der Waals surface area contributed by atoms with E-state index in [9.17, 15) is 14.3 Å². The summed E-state index contributed by atoms with van der Waals surface area (Å²) < 4.78 is 20.1. The van der Waals surface area contributed by atoms with E-state index >= 15 is 0 Å². The van der Waals surface area contributed by atoms with Crippen LogP contribution in [0.3, 0.4) is 0 Å². The van der Waals surface area contributed by atoms with Crippen LogP contribution in [0.5, 0.6) is 5.75 Å². The second kappa shape index (κ2) is 7.12. The molecule has 0 spiro atoms. The second-order valence-electron chi connectivity index (χ2n) is 7.50. The Bertz CT molecular complexity index is 1040. The lowest BCUT2D eigenvalue weighted by Gasteiger charge is -2.37. The van der Waals surface area contributed by atoms with Crippen LogP contribution < -0.4 is 4.74 Å². The van der Waals surface area contributed by atoms with Crippen molar-refractivity contribution in [2.75, 3.05) is 0 Å². The number of aromatic carboxylic acids is 1. The first-order valence-electron chi connectivity index (χ1n) is 9.33. The lowest BCUT2D eigenvalue weighted by molar-refractivity contribution is 0.0661. The van der Waals surface area contributed by atoms with Gasteiger partial charge in [-0.15, -0.1) is 0 Å². The van der Waals surface area contributed by atoms with Crippen LogP contribution in [0.25, 0.3) is 11.1 Å². The van der Waals surface area contributed by atoms with Crippen LogP contribution in [0, 0.1) is 5.82 Å². The Hall–Kier alpha value is -3.14. The maximum Gasteiger partial charge on any atom is 0.336 e. The van der Waals surface area contributed by atoms with Crippen LogP contribution in [0.15, 0.2) is 66.7 Å².